The summed E-state index contributed by atoms with van der Waals surface area (Å²) in [5, 5.41) is 0. The first kappa shape index (κ1) is 15.7. The first-order valence-electron chi connectivity index (χ1n) is 5.06. The molecule has 9 heteroatoms. The Morgan fingerprint density at radius 1 is 1.26 bits per heavy atom. The fourth-order valence-electron chi connectivity index (χ4n) is 1.11. The van der Waals surface area contributed by atoms with Crippen molar-refractivity contribution in [2.24, 2.45) is 0 Å². The third-order valence-electron chi connectivity index (χ3n) is 1.86. The number of hydrogen-bond acceptors (Lipinski definition) is 7. The second-order valence-electron chi connectivity index (χ2n) is 3.44. The standard InChI is InChI=1S/C10H13O7PS/c1-15-9(11)10(17-19(2,13)14)18(12)16-8-6-4-3-5-7-8/h3-7,10,18H,1-2H3. The van der Waals surface area contributed by atoms with E-state index in [4.69, 9.17) is 4.52 Å². The molecule has 0 fully saturated rings. The highest BCUT2D eigenvalue weighted by Crippen LogP contribution is 2.34. The minimum absolute atomic E-state index is 0.234. The molecule has 2 unspecified atom stereocenters. The zero-order valence-corrected chi connectivity index (χ0v) is 12.0. The van der Waals surface area contributed by atoms with E-state index in [1.807, 2.05) is 0 Å². The van der Waals surface area contributed by atoms with E-state index in [0.29, 0.717) is 0 Å². The first-order chi connectivity index (χ1) is 8.83. The maximum absolute atomic E-state index is 11.9. The Kier molecular flexibility index (Phi) is 5.53. The quantitative estimate of drug-likeness (QED) is 0.439. The van der Waals surface area contributed by atoms with Crippen LogP contribution in [-0.4, -0.2) is 33.6 Å². The topological polar surface area (TPSA) is 96.0 Å². The van der Waals surface area contributed by atoms with Crippen molar-refractivity contribution in [1.29, 1.82) is 0 Å². The van der Waals surface area contributed by atoms with E-state index in [0.717, 1.165) is 13.4 Å². The highest BCUT2D eigenvalue weighted by Gasteiger charge is 2.32. The van der Waals surface area contributed by atoms with Gasteiger partial charge in [0.2, 0.25) is 0 Å². The summed E-state index contributed by atoms with van der Waals surface area (Å²) in [5.41, 5.74) is 0. The molecule has 0 bridgehead atoms. The molecule has 19 heavy (non-hydrogen) atoms. The summed E-state index contributed by atoms with van der Waals surface area (Å²) in [5.74, 6) is -2.65. The van der Waals surface area contributed by atoms with Crippen LogP contribution in [-0.2, 0) is 28.4 Å². The summed E-state index contributed by atoms with van der Waals surface area (Å²) in [6, 6.07) is 8.01. The minimum Gasteiger partial charge on any atom is -0.467 e. The smallest absolute Gasteiger partial charge is 0.347 e. The minimum atomic E-state index is -3.97. The van der Waals surface area contributed by atoms with E-state index in [9.17, 15) is 17.8 Å². The van der Waals surface area contributed by atoms with Gasteiger partial charge in [-0.05, 0) is 12.1 Å². The highest BCUT2D eigenvalue weighted by molar-refractivity contribution is 7.86. The van der Waals surface area contributed by atoms with E-state index >= 15 is 0 Å². The van der Waals surface area contributed by atoms with E-state index in [-0.39, 0.29) is 5.75 Å². The van der Waals surface area contributed by atoms with Crippen LogP contribution in [0.25, 0.3) is 0 Å². The number of hydrogen-bond donors (Lipinski definition) is 0. The van der Waals surface area contributed by atoms with Crippen LogP contribution in [0.15, 0.2) is 30.3 Å². The molecule has 2 atom stereocenters. The predicted octanol–water partition coefficient (Wildman–Crippen LogP) is 1.02. The molecule has 0 amide bonds. The molecule has 0 aliphatic heterocycles. The molecule has 0 aromatic heterocycles. The molecule has 7 nitrogen and oxygen atoms in total. The zero-order chi connectivity index (χ0) is 14.5. The van der Waals surface area contributed by atoms with Gasteiger partial charge in [-0.2, -0.15) is 8.42 Å². The van der Waals surface area contributed by atoms with Gasteiger partial charge in [0, 0.05) is 0 Å². The fraction of sp³-hybridized carbons (Fsp3) is 0.300. The van der Waals surface area contributed by atoms with Crippen molar-refractivity contribution in [1.82, 2.24) is 0 Å². The van der Waals surface area contributed by atoms with Crippen LogP contribution in [0.1, 0.15) is 0 Å². The Labute approximate surface area is 111 Å². The summed E-state index contributed by atoms with van der Waals surface area (Å²) >= 11 is 0. The van der Waals surface area contributed by atoms with Crippen molar-refractivity contribution in [3.8, 4) is 5.75 Å². The Morgan fingerprint density at radius 3 is 2.32 bits per heavy atom. The highest BCUT2D eigenvalue weighted by atomic mass is 32.2. The summed E-state index contributed by atoms with van der Waals surface area (Å²) < 4.78 is 47.7. The van der Waals surface area contributed by atoms with Gasteiger partial charge in [0.25, 0.3) is 24.0 Å². The molecule has 0 N–H and O–H groups in total. The number of esters is 1. The van der Waals surface area contributed by atoms with Gasteiger partial charge in [0.05, 0.1) is 13.4 Å². The monoisotopic (exact) mass is 308 g/mol. The lowest BCUT2D eigenvalue weighted by molar-refractivity contribution is -0.144. The van der Waals surface area contributed by atoms with Gasteiger partial charge < -0.3 is 9.26 Å². The van der Waals surface area contributed by atoms with Gasteiger partial charge in [-0.25, -0.2) is 8.98 Å². The SMILES string of the molecule is COC(=O)C(OS(C)(=O)=O)[PH](=O)Oc1ccccc1. The molecular formula is C10H13O7PS. The molecule has 1 rings (SSSR count). The number of methoxy groups -OCH3 is 1. The third kappa shape index (κ3) is 5.42. The third-order valence-corrected chi connectivity index (χ3v) is 3.79. The second-order valence-corrected chi connectivity index (χ2v) is 6.40. The lowest BCUT2D eigenvalue weighted by Gasteiger charge is -2.14. The summed E-state index contributed by atoms with van der Waals surface area (Å²) in [6.45, 7) is 0. The Morgan fingerprint density at radius 2 is 1.84 bits per heavy atom. The molecule has 0 saturated carbocycles. The lowest BCUT2D eigenvalue weighted by atomic mass is 10.3. The predicted molar refractivity (Wildman–Crippen MR) is 67.8 cm³/mol. The van der Waals surface area contributed by atoms with Crippen LogP contribution in [0.5, 0.6) is 5.75 Å². The zero-order valence-electron chi connectivity index (χ0n) is 10.2. The molecule has 0 saturated heterocycles. The number of rotatable bonds is 6. The molecule has 106 valence electrons. The molecule has 1 aromatic rings. The van der Waals surface area contributed by atoms with Gasteiger partial charge in [-0.1, -0.05) is 18.2 Å². The van der Waals surface area contributed by atoms with Gasteiger partial charge in [0.15, 0.2) is 0 Å². The first-order valence-corrected chi connectivity index (χ1v) is 8.27. The van der Waals surface area contributed by atoms with Crippen molar-refractivity contribution < 1.29 is 31.2 Å². The molecule has 0 radical (unpaired) electrons. The number of ether oxygens (including phenoxy) is 1. The van der Waals surface area contributed by atoms with Crippen LogP contribution < -0.4 is 4.52 Å². The molecule has 1 aromatic carbocycles. The van der Waals surface area contributed by atoms with Gasteiger partial charge in [-0.3, -0.25) is 4.57 Å². The lowest BCUT2D eigenvalue weighted by Crippen LogP contribution is -2.26. The van der Waals surface area contributed by atoms with Crippen LogP contribution >= 0.6 is 8.03 Å². The Balaban J connectivity index is 2.86. The summed E-state index contributed by atoms with van der Waals surface area (Å²) in [6.07, 6.45) is 0.737. The van der Waals surface area contributed by atoms with Crippen LogP contribution in [0, 0.1) is 0 Å². The van der Waals surface area contributed by atoms with Crippen LogP contribution in [0.2, 0.25) is 0 Å². The van der Waals surface area contributed by atoms with E-state index < -0.39 is 30.0 Å². The average Bonchev–Trinajstić information content (AvgIpc) is 2.35. The number of benzene rings is 1. The average molecular weight is 308 g/mol. The van der Waals surface area contributed by atoms with Crippen molar-refractivity contribution in [2.45, 2.75) is 5.85 Å². The molecule has 0 aliphatic carbocycles. The van der Waals surface area contributed by atoms with E-state index in [2.05, 4.69) is 8.92 Å². The van der Waals surface area contributed by atoms with Gasteiger partial charge in [-0.15, -0.1) is 0 Å². The Bertz CT molecular complexity index is 555. The van der Waals surface area contributed by atoms with E-state index in [1.54, 1.807) is 18.2 Å². The Hall–Kier alpha value is -1.37. The van der Waals surface area contributed by atoms with Crippen molar-refractivity contribution in [2.75, 3.05) is 13.4 Å². The van der Waals surface area contributed by atoms with Crippen molar-refractivity contribution in [3.63, 3.8) is 0 Å². The van der Waals surface area contributed by atoms with Crippen molar-refractivity contribution >= 4 is 24.1 Å². The molecule has 0 aliphatic rings. The fourth-order valence-corrected chi connectivity index (χ4v) is 3.17. The molecule has 0 heterocycles. The van der Waals surface area contributed by atoms with Crippen LogP contribution in [0.4, 0.5) is 0 Å². The normalized spacial score (nSPS) is 14.4. The number of carbonyl (C=O) groups is 1. The van der Waals surface area contributed by atoms with Crippen LogP contribution in [0.3, 0.4) is 0 Å². The van der Waals surface area contributed by atoms with E-state index in [1.165, 1.54) is 12.1 Å². The summed E-state index contributed by atoms with van der Waals surface area (Å²) in [7, 11) is -6.10. The van der Waals surface area contributed by atoms with Crippen molar-refractivity contribution in [3.05, 3.63) is 30.3 Å². The largest absolute Gasteiger partial charge is 0.467 e. The van der Waals surface area contributed by atoms with Gasteiger partial charge >= 0.3 is 5.97 Å². The molecule has 0 spiro atoms. The molecular weight excluding hydrogens is 295 g/mol. The number of carbonyl (C=O) groups excluding carboxylic acids is 1. The second kappa shape index (κ2) is 6.70. The number of para-hydroxylation sites is 1. The van der Waals surface area contributed by atoms with Gasteiger partial charge in [0.1, 0.15) is 5.75 Å². The summed E-state index contributed by atoms with van der Waals surface area (Å²) in [4.78, 5) is 11.4. The maximum atomic E-state index is 11.9. The maximum Gasteiger partial charge on any atom is 0.347 e.